The SMILES string of the molecule is C=CCN(CCCC)C(=O)C1N(CCCO)C(=O)[C@@H]2[C@@H](C(=O)N(CC=C)CCC)[C@@]3(C)CCC12O3. The molecule has 0 aromatic heterocycles. The second-order valence-electron chi connectivity index (χ2n) is 10.3. The maximum absolute atomic E-state index is 14.0. The van der Waals surface area contributed by atoms with Crippen LogP contribution in [0, 0.1) is 11.8 Å². The summed E-state index contributed by atoms with van der Waals surface area (Å²) in [4.78, 5) is 47.0. The maximum atomic E-state index is 14.0. The Morgan fingerprint density at radius 3 is 2.31 bits per heavy atom. The van der Waals surface area contributed by atoms with Crippen LogP contribution in [-0.2, 0) is 19.1 Å². The fourth-order valence-electron chi connectivity index (χ4n) is 6.45. The van der Waals surface area contributed by atoms with Crippen molar-refractivity contribution < 1.29 is 24.2 Å². The Labute approximate surface area is 210 Å². The van der Waals surface area contributed by atoms with Crippen molar-refractivity contribution in [3.05, 3.63) is 25.3 Å². The van der Waals surface area contributed by atoms with Crippen molar-refractivity contribution in [2.45, 2.75) is 76.5 Å². The first-order valence-electron chi connectivity index (χ1n) is 13.2. The largest absolute Gasteiger partial charge is 0.396 e. The van der Waals surface area contributed by atoms with E-state index in [0.29, 0.717) is 45.4 Å². The van der Waals surface area contributed by atoms with Gasteiger partial charge in [0.15, 0.2) is 0 Å². The number of hydrogen-bond donors (Lipinski definition) is 1. The quantitative estimate of drug-likeness (QED) is 0.379. The summed E-state index contributed by atoms with van der Waals surface area (Å²) in [5, 5.41) is 9.50. The fourth-order valence-corrected chi connectivity index (χ4v) is 6.45. The van der Waals surface area contributed by atoms with E-state index < -0.39 is 29.1 Å². The van der Waals surface area contributed by atoms with E-state index in [2.05, 4.69) is 20.1 Å². The highest BCUT2D eigenvalue weighted by Crippen LogP contribution is 2.63. The van der Waals surface area contributed by atoms with Crippen molar-refractivity contribution in [1.82, 2.24) is 14.7 Å². The fraction of sp³-hybridized carbons (Fsp3) is 0.741. The summed E-state index contributed by atoms with van der Waals surface area (Å²) in [6.45, 7) is 15.7. The van der Waals surface area contributed by atoms with Gasteiger partial charge in [-0.1, -0.05) is 32.4 Å². The number of carbonyl (C=O) groups is 3. The Kier molecular flexibility index (Phi) is 8.81. The number of aliphatic hydroxyl groups is 1. The summed E-state index contributed by atoms with van der Waals surface area (Å²) >= 11 is 0. The number of carbonyl (C=O) groups excluding carboxylic acids is 3. The molecule has 0 aromatic rings. The van der Waals surface area contributed by atoms with Gasteiger partial charge in [-0.3, -0.25) is 14.4 Å². The standard InChI is InChI=1S/C27H43N3O5/c1-6-10-17-29(16-9-4)25(34)22-27-13-12-26(5,35-27)20(23(32)28(14-7-2)15-8-3)21(27)24(33)30(22)18-11-19-31/h7,9,20-22,31H,2,4,6,8,10-19H2,1,3,5H3/t20-,21-,22?,26+,27?/m0/s1. The topological polar surface area (TPSA) is 90.4 Å². The molecule has 3 fully saturated rings. The number of aliphatic hydroxyl groups excluding tert-OH is 1. The van der Waals surface area contributed by atoms with Gasteiger partial charge in [0, 0.05) is 39.3 Å². The molecule has 0 aliphatic carbocycles. The molecule has 35 heavy (non-hydrogen) atoms. The Hall–Kier alpha value is -2.19. The molecule has 3 aliphatic heterocycles. The predicted octanol–water partition coefficient (Wildman–Crippen LogP) is 2.37. The van der Waals surface area contributed by atoms with Crippen LogP contribution in [0.2, 0.25) is 0 Å². The van der Waals surface area contributed by atoms with E-state index in [4.69, 9.17) is 4.74 Å². The average Bonchev–Trinajstić information content (AvgIpc) is 3.40. The molecule has 2 unspecified atom stereocenters. The zero-order valence-electron chi connectivity index (χ0n) is 21.7. The molecule has 3 amide bonds. The summed E-state index contributed by atoms with van der Waals surface area (Å²) in [6, 6.07) is -0.804. The summed E-state index contributed by atoms with van der Waals surface area (Å²) < 4.78 is 6.69. The minimum atomic E-state index is -1.03. The average molecular weight is 490 g/mol. The summed E-state index contributed by atoms with van der Waals surface area (Å²) in [5.74, 6) is -1.81. The van der Waals surface area contributed by atoms with E-state index in [1.54, 1.807) is 26.9 Å². The lowest BCUT2D eigenvalue weighted by molar-refractivity contribution is -0.153. The van der Waals surface area contributed by atoms with E-state index in [9.17, 15) is 19.5 Å². The Balaban J connectivity index is 2.04. The van der Waals surface area contributed by atoms with Crippen LogP contribution in [0.1, 0.15) is 59.3 Å². The molecule has 3 rings (SSSR count). The highest BCUT2D eigenvalue weighted by Gasteiger charge is 2.78. The van der Waals surface area contributed by atoms with Gasteiger partial charge in [-0.25, -0.2) is 0 Å². The highest BCUT2D eigenvalue weighted by atomic mass is 16.5. The zero-order valence-corrected chi connectivity index (χ0v) is 21.7. The molecule has 0 saturated carbocycles. The molecular formula is C27H43N3O5. The number of rotatable bonds is 14. The Bertz CT molecular complexity index is 832. The van der Waals surface area contributed by atoms with Crippen molar-refractivity contribution in [3.63, 3.8) is 0 Å². The second-order valence-corrected chi connectivity index (χ2v) is 10.3. The number of fused-ring (bicyclic) bond motifs is 1. The second kappa shape index (κ2) is 11.2. The van der Waals surface area contributed by atoms with Gasteiger partial charge in [0.05, 0.1) is 17.4 Å². The molecule has 3 heterocycles. The summed E-state index contributed by atoms with van der Waals surface area (Å²) in [5.41, 5.74) is -1.82. The van der Waals surface area contributed by atoms with Gasteiger partial charge in [-0.05, 0) is 39.0 Å². The number of ether oxygens (including phenoxy) is 1. The van der Waals surface area contributed by atoms with Crippen molar-refractivity contribution in [2.75, 3.05) is 39.3 Å². The van der Waals surface area contributed by atoms with Crippen LogP contribution < -0.4 is 0 Å². The van der Waals surface area contributed by atoms with Crippen molar-refractivity contribution in [2.24, 2.45) is 11.8 Å². The number of unbranched alkanes of at least 4 members (excludes halogenated alkanes) is 1. The van der Waals surface area contributed by atoms with Crippen LogP contribution in [0.5, 0.6) is 0 Å². The predicted molar refractivity (Wildman–Crippen MR) is 134 cm³/mol. The molecular weight excluding hydrogens is 446 g/mol. The lowest BCUT2D eigenvalue weighted by Crippen LogP contribution is -2.56. The summed E-state index contributed by atoms with van der Waals surface area (Å²) in [7, 11) is 0. The Morgan fingerprint density at radius 1 is 1.09 bits per heavy atom. The first-order chi connectivity index (χ1) is 16.8. The van der Waals surface area contributed by atoms with Crippen LogP contribution in [0.25, 0.3) is 0 Å². The molecule has 2 bridgehead atoms. The number of likely N-dealkylation sites (tertiary alicyclic amines) is 1. The van der Waals surface area contributed by atoms with Crippen LogP contribution in [0.4, 0.5) is 0 Å². The van der Waals surface area contributed by atoms with Gasteiger partial charge in [0.2, 0.25) is 17.7 Å². The van der Waals surface area contributed by atoms with Crippen molar-refractivity contribution in [1.29, 1.82) is 0 Å². The third kappa shape index (κ3) is 4.67. The van der Waals surface area contributed by atoms with Gasteiger partial charge < -0.3 is 24.5 Å². The van der Waals surface area contributed by atoms with Crippen molar-refractivity contribution >= 4 is 17.7 Å². The van der Waals surface area contributed by atoms with Crippen LogP contribution in [-0.4, -0.2) is 94.1 Å². The first kappa shape index (κ1) is 27.4. The first-order valence-corrected chi connectivity index (χ1v) is 13.2. The minimum absolute atomic E-state index is 0.0842. The molecule has 1 N–H and O–H groups in total. The molecule has 0 radical (unpaired) electrons. The van der Waals surface area contributed by atoms with Crippen LogP contribution in [0.15, 0.2) is 25.3 Å². The van der Waals surface area contributed by atoms with E-state index in [1.165, 1.54) is 0 Å². The normalized spacial score (nSPS) is 30.9. The molecule has 8 heteroatoms. The smallest absolute Gasteiger partial charge is 0.248 e. The van der Waals surface area contributed by atoms with Gasteiger partial charge in [-0.15, -0.1) is 13.2 Å². The lowest BCUT2D eigenvalue weighted by atomic mass is 9.66. The maximum Gasteiger partial charge on any atom is 0.248 e. The number of hydrogen-bond acceptors (Lipinski definition) is 5. The zero-order chi connectivity index (χ0) is 25.8. The van der Waals surface area contributed by atoms with Gasteiger partial charge in [0.1, 0.15) is 11.6 Å². The molecule has 3 aliphatic rings. The Morgan fingerprint density at radius 2 is 1.74 bits per heavy atom. The number of amides is 3. The van der Waals surface area contributed by atoms with E-state index >= 15 is 0 Å². The highest BCUT2D eigenvalue weighted by molar-refractivity contribution is 5.99. The third-order valence-corrected chi connectivity index (χ3v) is 7.93. The third-order valence-electron chi connectivity index (χ3n) is 7.93. The molecule has 3 saturated heterocycles. The van der Waals surface area contributed by atoms with Gasteiger partial charge in [-0.2, -0.15) is 0 Å². The van der Waals surface area contributed by atoms with Gasteiger partial charge >= 0.3 is 0 Å². The number of nitrogens with zero attached hydrogens (tertiary/aromatic N) is 3. The van der Waals surface area contributed by atoms with E-state index in [1.807, 2.05) is 13.8 Å². The van der Waals surface area contributed by atoms with Crippen LogP contribution in [0.3, 0.4) is 0 Å². The lowest BCUT2D eigenvalue weighted by Gasteiger charge is -2.37. The monoisotopic (exact) mass is 489 g/mol. The van der Waals surface area contributed by atoms with E-state index in [0.717, 1.165) is 19.3 Å². The molecule has 196 valence electrons. The van der Waals surface area contributed by atoms with E-state index in [-0.39, 0.29) is 30.9 Å². The molecule has 8 nitrogen and oxygen atoms in total. The molecule has 0 aromatic carbocycles. The molecule has 1 spiro atoms. The molecule has 5 atom stereocenters. The summed E-state index contributed by atoms with van der Waals surface area (Å²) in [6.07, 6.45) is 7.53. The van der Waals surface area contributed by atoms with Crippen molar-refractivity contribution in [3.8, 4) is 0 Å². The van der Waals surface area contributed by atoms with Gasteiger partial charge in [0.25, 0.3) is 0 Å². The van der Waals surface area contributed by atoms with Crippen LogP contribution >= 0.6 is 0 Å². The minimum Gasteiger partial charge on any atom is -0.396 e.